The first kappa shape index (κ1) is 8.69. The molecule has 1 heterocycles. The van der Waals surface area contributed by atoms with Gasteiger partial charge in [0.2, 0.25) is 0 Å². The van der Waals surface area contributed by atoms with Crippen LogP contribution >= 0.6 is 15.9 Å². The highest BCUT2D eigenvalue weighted by Gasteiger charge is 2.14. The lowest BCUT2D eigenvalue weighted by atomic mass is 10.3. The Hall–Kier alpha value is -0.900. The number of hydrogen-bond donors (Lipinski definition) is 0. The van der Waals surface area contributed by atoms with Crippen molar-refractivity contribution in [1.82, 2.24) is 0 Å². The fourth-order valence-corrected chi connectivity index (χ4v) is 1.69. The van der Waals surface area contributed by atoms with Gasteiger partial charge in [0.05, 0.1) is 11.6 Å². The molecule has 4 heteroatoms. The molecule has 1 aliphatic rings. The summed E-state index contributed by atoms with van der Waals surface area (Å²) in [5.41, 5.74) is 0. The lowest BCUT2D eigenvalue weighted by molar-refractivity contribution is 0.170. The van der Waals surface area contributed by atoms with Crippen molar-refractivity contribution in [2.45, 2.75) is 0 Å². The van der Waals surface area contributed by atoms with Gasteiger partial charge < -0.3 is 14.2 Å². The van der Waals surface area contributed by atoms with Crippen molar-refractivity contribution < 1.29 is 14.2 Å². The second kappa shape index (κ2) is 3.46. The van der Waals surface area contributed by atoms with E-state index in [0.717, 1.165) is 21.7 Å². The van der Waals surface area contributed by atoms with Gasteiger partial charge in [-0.25, -0.2) is 0 Å². The maximum absolute atomic E-state index is 5.40. The Kier molecular flexibility index (Phi) is 2.31. The Labute approximate surface area is 84.7 Å². The fraction of sp³-hybridized carbons (Fsp3) is 0.333. The molecule has 70 valence electrons. The lowest BCUT2D eigenvalue weighted by Crippen LogP contribution is -2.15. The summed E-state index contributed by atoms with van der Waals surface area (Å²) in [6, 6.07) is 3.67. The third kappa shape index (κ3) is 1.58. The van der Waals surface area contributed by atoms with Gasteiger partial charge in [-0.2, -0.15) is 0 Å². The average molecular weight is 245 g/mol. The van der Waals surface area contributed by atoms with Crippen molar-refractivity contribution in [3.63, 3.8) is 0 Å². The Morgan fingerprint density at radius 2 is 1.85 bits per heavy atom. The molecule has 0 saturated carbocycles. The van der Waals surface area contributed by atoms with E-state index in [2.05, 4.69) is 15.9 Å². The van der Waals surface area contributed by atoms with E-state index >= 15 is 0 Å². The SMILES string of the molecule is COc1cc2c(cc1Br)OCCO2. The zero-order valence-electron chi connectivity index (χ0n) is 7.17. The number of hydrogen-bond acceptors (Lipinski definition) is 3. The van der Waals surface area contributed by atoms with Crippen LogP contribution in [0.15, 0.2) is 16.6 Å². The minimum absolute atomic E-state index is 0.595. The molecule has 0 bridgehead atoms. The number of ether oxygens (including phenoxy) is 3. The van der Waals surface area contributed by atoms with Crippen molar-refractivity contribution in [2.75, 3.05) is 20.3 Å². The number of rotatable bonds is 1. The minimum atomic E-state index is 0.595. The number of benzene rings is 1. The second-order valence-electron chi connectivity index (χ2n) is 2.63. The zero-order valence-corrected chi connectivity index (χ0v) is 8.76. The summed E-state index contributed by atoms with van der Waals surface area (Å²) >= 11 is 3.37. The largest absolute Gasteiger partial charge is 0.495 e. The van der Waals surface area contributed by atoms with Crippen LogP contribution in [0.1, 0.15) is 0 Å². The summed E-state index contributed by atoms with van der Waals surface area (Å²) in [7, 11) is 1.62. The Bertz CT molecular complexity index is 325. The molecule has 0 unspecified atom stereocenters. The molecule has 0 spiro atoms. The normalized spacial score (nSPS) is 14.0. The van der Waals surface area contributed by atoms with E-state index in [1.165, 1.54) is 0 Å². The average Bonchev–Trinajstić information content (AvgIpc) is 2.17. The first-order valence-corrected chi connectivity index (χ1v) is 4.73. The van der Waals surface area contributed by atoms with Crippen molar-refractivity contribution in [2.24, 2.45) is 0 Å². The van der Waals surface area contributed by atoms with Gasteiger partial charge in [0.15, 0.2) is 11.5 Å². The summed E-state index contributed by atoms with van der Waals surface area (Å²) in [4.78, 5) is 0. The molecule has 0 aliphatic carbocycles. The first-order chi connectivity index (χ1) is 6.31. The molecular weight excluding hydrogens is 236 g/mol. The minimum Gasteiger partial charge on any atom is -0.495 e. The van der Waals surface area contributed by atoms with Gasteiger partial charge in [0.25, 0.3) is 0 Å². The quantitative estimate of drug-likeness (QED) is 0.759. The molecule has 3 nitrogen and oxygen atoms in total. The summed E-state index contributed by atoms with van der Waals surface area (Å²) < 4.78 is 16.8. The van der Waals surface area contributed by atoms with Crippen LogP contribution in [0, 0.1) is 0 Å². The van der Waals surface area contributed by atoms with Crippen LogP contribution in [0.25, 0.3) is 0 Å². The highest BCUT2D eigenvalue weighted by Crippen LogP contribution is 2.38. The molecule has 0 fully saturated rings. The molecule has 1 aliphatic heterocycles. The van der Waals surface area contributed by atoms with Crippen molar-refractivity contribution >= 4 is 15.9 Å². The Balaban J connectivity index is 2.44. The highest BCUT2D eigenvalue weighted by molar-refractivity contribution is 9.10. The molecule has 0 N–H and O–H groups in total. The molecule has 1 aromatic rings. The first-order valence-electron chi connectivity index (χ1n) is 3.94. The summed E-state index contributed by atoms with van der Waals surface area (Å²) in [6.45, 7) is 1.20. The third-order valence-corrected chi connectivity index (χ3v) is 2.44. The number of halogens is 1. The van der Waals surface area contributed by atoms with Gasteiger partial charge in [-0.15, -0.1) is 0 Å². The van der Waals surface area contributed by atoms with Crippen LogP contribution in [0.5, 0.6) is 17.2 Å². The van der Waals surface area contributed by atoms with E-state index in [-0.39, 0.29) is 0 Å². The Morgan fingerprint density at radius 3 is 2.46 bits per heavy atom. The smallest absolute Gasteiger partial charge is 0.165 e. The van der Waals surface area contributed by atoms with E-state index in [1.807, 2.05) is 12.1 Å². The van der Waals surface area contributed by atoms with Crippen LogP contribution in [-0.4, -0.2) is 20.3 Å². The third-order valence-electron chi connectivity index (χ3n) is 1.82. The van der Waals surface area contributed by atoms with Crippen LogP contribution in [0.3, 0.4) is 0 Å². The molecule has 0 aromatic heterocycles. The zero-order chi connectivity index (χ0) is 9.26. The molecule has 1 aromatic carbocycles. The van der Waals surface area contributed by atoms with Crippen LogP contribution in [-0.2, 0) is 0 Å². The maximum atomic E-state index is 5.40. The fourth-order valence-electron chi connectivity index (χ4n) is 1.20. The predicted octanol–water partition coefficient (Wildman–Crippen LogP) is 2.23. The molecule has 0 amide bonds. The van der Waals surface area contributed by atoms with Crippen molar-refractivity contribution in [3.05, 3.63) is 16.6 Å². The molecular formula is C9H9BrO3. The second-order valence-corrected chi connectivity index (χ2v) is 3.48. The number of fused-ring (bicyclic) bond motifs is 1. The van der Waals surface area contributed by atoms with Crippen LogP contribution < -0.4 is 14.2 Å². The van der Waals surface area contributed by atoms with E-state index < -0.39 is 0 Å². The highest BCUT2D eigenvalue weighted by atomic mass is 79.9. The van der Waals surface area contributed by atoms with Gasteiger partial charge in [-0.3, -0.25) is 0 Å². The van der Waals surface area contributed by atoms with Crippen molar-refractivity contribution in [3.8, 4) is 17.2 Å². The van der Waals surface area contributed by atoms with E-state index in [0.29, 0.717) is 13.2 Å². The summed E-state index contributed by atoms with van der Waals surface area (Å²) in [6.07, 6.45) is 0. The van der Waals surface area contributed by atoms with Crippen LogP contribution in [0.4, 0.5) is 0 Å². The maximum Gasteiger partial charge on any atom is 0.165 e. The van der Waals surface area contributed by atoms with Crippen molar-refractivity contribution in [1.29, 1.82) is 0 Å². The van der Waals surface area contributed by atoms with Gasteiger partial charge >= 0.3 is 0 Å². The molecule has 2 rings (SSSR count). The summed E-state index contributed by atoms with van der Waals surface area (Å²) in [5, 5.41) is 0. The lowest BCUT2D eigenvalue weighted by Gasteiger charge is -2.19. The molecule has 0 radical (unpaired) electrons. The van der Waals surface area contributed by atoms with E-state index in [9.17, 15) is 0 Å². The van der Waals surface area contributed by atoms with Gasteiger partial charge in [0.1, 0.15) is 19.0 Å². The topological polar surface area (TPSA) is 27.7 Å². The van der Waals surface area contributed by atoms with Gasteiger partial charge in [-0.1, -0.05) is 0 Å². The molecule has 13 heavy (non-hydrogen) atoms. The van der Waals surface area contributed by atoms with Gasteiger partial charge in [-0.05, 0) is 15.9 Å². The predicted molar refractivity (Wildman–Crippen MR) is 51.7 cm³/mol. The van der Waals surface area contributed by atoms with Crippen LogP contribution in [0.2, 0.25) is 0 Å². The molecule has 0 atom stereocenters. The molecule has 0 saturated heterocycles. The van der Waals surface area contributed by atoms with E-state index in [4.69, 9.17) is 14.2 Å². The van der Waals surface area contributed by atoms with Gasteiger partial charge in [0, 0.05) is 12.1 Å². The summed E-state index contributed by atoms with van der Waals surface area (Å²) in [5.74, 6) is 2.26. The van der Waals surface area contributed by atoms with E-state index in [1.54, 1.807) is 7.11 Å². The Morgan fingerprint density at radius 1 is 1.23 bits per heavy atom. The number of methoxy groups -OCH3 is 1. The monoisotopic (exact) mass is 244 g/mol. The standard InChI is InChI=1S/C9H9BrO3/c1-11-7-5-9-8(4-6(7)10)12-2-3-13-9/h4-5H,2-3H2,1H3.